The Kier molecular flexibility index (Phi) is 5.60. The lowest BCUT2D eigenvalue weighted by molar-refractivity contribution is -0.146. The lowest BCUT2D eigenvalue weighted by Gasteiger charge is -2.06. The number of hydrogen-bond donors (Lipinski definition) is 0. The van der Waals surface area contributed by atoms with Gasteiger partial charge in [-0.2, -0.15) is 0 Å². The van der Waals surface area contributed by atoms with Crippen LogP contribution in [0.1, 0.15) is 12.0 Å². The molecular formula is C14H16O5. The molecule has 0 aliphatic heterocycles. The molecule has 0 amide bonds. The van der Waals surface area contributed by atoms with Gasteiger partial charge in [0.2, 0.25) is 0 Å². The van der Waals surface area contributed by atoms with Crippen molar-refractivity contribution in [1.29, 1.82) is 0 Å². The Morgan fingerprint density at radius 2 is 1.79 bits per heavy atom. The molecule has 0 heterocycles. The minimum Gasteiger partial charge on any atom is -0.497 e. The average molecular weight is 264 g/mol. The van der Waals surface area contributed by atoms with E-state index < -0.39 is 11.9 Å². The first-order valence-electron chi connectivity index (χ1n) is 5.61. The summed E-state index contributed by atoms with van der Waals surface area (Å²) in [4.78, 5) is 22.5. The molecule has 0 spiro atoms. The first-order chi connectivity index (χ1) is 9.06. The Labute approximate surface area is 111 Å². The number of carbonyl (C=O) groups is 2. The molecule has 0 aromatic heterocycles. The van der Waals surface area contributed by atoms with Crippen LogP contribution in [-0.2, 0) is 25.7 Å². The van der Waals surface area contributed by atoms with E-state index in [0.717, 1.165) is 11.3 Å². The first-order valence-corrected chi connectivity index (χ1v) is 5.61. The molecule has 0 atom stereocenters. The summed E-state index contributed by atoms with van der Waals surface area (Å²) >= 11 is 0. The van der Waals surface area contributed by atoms with Crippen LogP contribution in [0.15, 0.2) is 36.4 Å². The summed E-state index contributed by atoms with van der Waals surface area (Å²) in [5.74, 6) is -0.401. The van der Waals surface area contributed by atoms with Crippen LogP contribution in [0.3, 0.4) is 0 Å². The van der Waals surface area contributed by atoms with Crippen LogP contribution in [0.2, 0.25) is 0 Å². The normalized spacial score (nSPS) is 9.58. The molecule has 0 radical (unpaired) electrons. The Morgan fingerprint density at radius 3 is 2.32 bits per heavy atom. The zero-order valence-electron chi connectivity index (χ0n) is 11.0. The van der Waals surface area contributed by atoms with E-state index in [2.05, 4.69) is 11.3 Å². The average Bonchev–Trinajstić information content (AvgIpc) is 2.44. The van der Waals surface area contributed by atoms with Gasteiger partial charge in [-0.1, -0.05) is 18.7 Å². The molecule has 0 bridgehead atoms. The van der Waals surface area contributed by atoms with Gasteiger partial charge in [-0.05, 0) is 17.7 Å². The number of rotatable bonds is 6. The quantitative estimate of drug-likeness (QED) is 0.579. The van der Waals surface area contributed by atoms with Crippen molar-refractivity contribution < 1.29 is 23.8 Å². The van der Waals surface area contributed by atoms with Gasteiger partial charge in [0, 0.05) is 5.57 Å². The van der Waals surface area contributed by atoms with E-state index in [1.807, 2.05) is 0 Å². The van der Waals surface area contributed by atoms with E-state index in [4.69, 9.17) is 9.47 Å². The van der Waals surface area contributed by atoms with Crippen molar-refractivity contribution in [1.82, 2.24) is 0 Å². The standard InChI is InChI=1S/C14H16O5/c1-10(14(16)18-3)8-13(15)19-9-11-4-6-12(17-2)7-5-11/h4-7H,1,8-9H2,2-3H3. The Balaban J connectivity index is 2.41. The molecule has 0 N–H and O–H groups in total. The summed E-state index contributed by atoms with van der Waals surface area (Å²) in [6, 6.07) is 7.13. The maximum absolute atomic E-state index is 11.5. The number of methoxy groups -OCH3 is 2. The van der Waals surface area contributed by atoms with Crippen molar-refractivity contribution in [2.75, 3.05) is 14.2 Å². The van der Waals surface area contributed by atoms with Gasteiger partial charge in [-0.3, -0.25) is 4.79 Å². The number of carbonyl (C=O) groups excluding carboxylic acids is 2. The van der Waals surface area contributed by atoms with Crippen molar-refractivity contribution >= 4 is 11.9 Å². The van der Waals surface area contributed by atoms with Gasteiger partial charge in [-0.15, -0.1) is 0 Å². The summed E-state index contributed by atoms with van der Waals surface area (Å²) in [5, 5.41) is 0. The van der Waals surface area contributed by atoms with Gasteiger partial charge in [-0.25, -0.2) is 4.79 Å². The van der Waals surface area contributed by atoms with Crippen LogP contribution in [0.25, 0.3) is 0 Å². The minimum atomic E-state index is -0.610. The van der Waals surface area contributed by atoms with Gasteiger partial charge >= 0.3 is 11.9 Å². The first kappa shape index (κ1) is 14.8. The SMILES string of the molecule is C=C(CC(=O)OCc1ccc(OC)cc1)C(=O)OC. The fourth-order valence-electron chi connectivity index (χ4n) is 1.33. The highest BCUT2D eigenvalue weighted by Gasteiger charge is 2.13. The molecule has 0 saturated carbocycles. The zero-order chi connectivity index (χ0) is 14.3. The monoisotopic (exact) mass is 264 g/mol. The molecule has 5 nitrogen and oxygen atoms in total. The van der Waals surface area contributed by atoms with Crippen LogP contribution >= 0.6 is 0 Å². The van der Waals surface area contributed by atoms with E-state index in [9.17, 15) is 9.59 Å². The predicted octanol–water partition coefficient (Wildman–Crippen LogP) is 1.86. The van der Waals surface area contributed by atoms with Crippen molar-refractivity contribution in [3.05, 3.63) is 42.0 Å². The van der Waals surface area contributed by atoms with E-state index in [0.29, 0.717) is 0 Å². The molecule has 0 fully saturated rings. The smallest absolute Gasteiger partial charge is 0.333 e. The summed E-state index contributed by atoms with van der Waals surface area (Å²) < 4.78 is 14.5. The summed E-state index contributed by atoms with van der Waals surface area (Å²) in [6.45, 7) is 3.59. The minimum absolute atomic E-state index is 0.0715. The van der Waals surface area contributed by atoms with Crippen molar-refractivity contribution in [3.8, 4) is 5.75 Å². The van der Waals surface area contributed by atoms with Gasteiger partial charge < -0.3 is 14.2 Å². The second kappa shape index (κ2) is 7.20. The van der Waals surface area contributed by atoms with Gasteiger partial charge in [0.05, 0.1) is 20.6 Å². The molecule has 0 aliphatic rings. The highest BCUT2D eigenvalue weighted by molar-refractivity contribution is 5.93. The van der Waals surface area contributed by atoms with Crippen LogP contribution in [0.5, 0.6) is 5.75 Å². The fourth-order valence-corrected chi connectivity index (χ4v) is 1.33. The maximum Gasteiger partial charge on any atom is 0.333 e. The van der Waals surface area contributed by atoms with Crippen LogP contribution in [0, 0.1) is 0 Å². The Bertz CT molecular complexity index is 461. The highest BCUT2D eigenvalue weighted by atomic mass is 16.5. The number of benzene rings is 1. The van der Waals surface area contributed by atoms with E-state index in [1.54, 1.807) is 31.4 Å². The lowest BCUT2D eigenvalue weighted by Crippen LogP contribution is -2.11. The lowest BCUT2D eigenvalue weighted by atomic mass is 10.2. The molecule has 1 aromatic rings. The fraction of sp³-hybridized carbons (Fsp3) is 0.286. The van der Waals surface area contributed by atoms with Gasteiger partial charge in [0.25, 0.3) is 0 Å². The predicted molar refractivity (Wildman–Crippen MR) is 68.6 cm³/mol. The molecular weight excluding hydrogens is 248 g/mol. The van der Waals surface area contributed by atoms with E-state index in [1.165, 1.54) is 7.11 Å². The Morgan fingerprint density at radius 1 is 1.16 bits per heavy atom. The van der Waals surface area contributed by atoms with E-state index >= 15 is 0 Å². The van der Waals surface area contributed by atoms with Crippen molar-refractivity contribution in [2.45, 2.75) is 13.0 Å². The molecule has 0 saturated heterocycles. The summed E-state index contributed by atoms with van der Waals surface area (Å²) in [7, 11) is 2.81. The maximum atomic E-state index is 11.5. The molecule has 5 heteroatoms. The van der Waals surface area contributed by atoms with Gasteiger partial charge in [0.15, 0.2) is 0 Å². The second-order valence-corrected chi connectivity index (χ2v) is 3.78. The van der Waals surface area contributed by atoms with Gasteiger partial charge in [0.1, 0.15) is 12.4 Å². The summed E-state index contributed by atoms with van der Waals surface area (Å²) in [5.41, 5.74) is 0.903. The third kappa shape index (κ3) is 4.83. The highest BCUT2D eigenvalue weighted by Crippen LogP contribution is 2.12. The number of esters is 2. The second-order valence-electron chi connectivity index (χ2n) is 3.78. The molecule has 0 aliphatic carbocycles. The van der Waals surface area contributed by atoms with Crippen molar-refractivity contribution in [2.24, 2.45) is 0 Å². The number of hydrogen-bond acceptors (Lipinski definition) is 5. The van der Waals surface area contributed by atoms with E-state index in [-0.39, 0.29) is 18.6 Å². The zero-order valence-corrected chi connectivity index (χ0v) is 11.0. The molecule has 1 rings (SSSR count). The van der Waals surface area contributed by atoms with Crippen LogP contribution < -0.4 is 4.74 Å². The van der Waals surface area contributed by atoms with Crippen LogP contribution in [0.4, 0.5) is 0 Å². The number of ether oxygens (including phenoxy) is 3. The third-order valence-electron chi connectivity index (χ3n) is 2.39. The molecule has 102 valence electrons. The van der Waals surface area contributed by atoms with Crippen molar-refractivity contribution in [3.63, 3.8) is 0 Å². The molecule has 0 unspecified atom stereocenters. The Hall–Kier alpha value is -2.30. The largest absolute Gasteiger partial charge is 0.497 e. The topological polar surface area (TPSA) is 61.8 Å². The molecule has 1 aromatic carbocycles. The molecule has 19 heavy (non-hydrogen) atoms. The summed E-state index contributed by atoms with van der Waals surface area (Å²) in [6.07, 6.45) is -0.178. The van der Waals surface area contributed by atoms with Crippen LogP contribution in [-0.4, -0.2) is 26.2 Å². The third-order valence-corrected chi connectivity index (χ3v) is 2.39.